The fourth-order valence-corrected chi connectivity index (χ4v) is 1.89. The Bertz CT molecular complexity index is 438. The van der Waals surface area contributed by atoms with Crippen molar-refractivity contribution in [2.75, 3.05) is 11.9 Å². The van der Waals surface area contributed by atoms with Gasteiger partial charge in [-0.3, -0.25) is 4.90 Å². The van der Waals surface area contributed by atoms with Crippen LogP contribution in [0.3, 0.4) is 0 Å². The number of nitrogens with zero attached hydrogens (tertiary/aromatic N) is 1. The van der Waals surface area contributed by atoms with Crippen molar-refractivity contribution in [1.29, 1.82) is 0 Å². The molecule has 0 aliphatic carbocycles. The molecule has 1 aromatic rings. The van der Waals surface area contributed by atoms with Gasteiger partial charge < -0.3 is 14.6 Å². The van der Waals surface area contributed by atoms with Crippen molar-refractivity contribution in [2.45, 2.75) is 32.3 Å². The van der Waals surface area contributed by atoms with Gasteiger partial charge in [-0.1, -0.05) is 18.2 Å². The molecule has 2 atom stereocenters. The lowest BCUT2D eigenvalue weighted by Gasteiger charge is -2.20. The molecule has 0 saturated carbocycles. The predicted octanol–water partition coefficient (Wildman–Crippen LogP) is 2.62. The Morgan fingerprint density at radius 3 is 2.33 bits per heavy atom. The van der Waals surface area contributed by atoms with Crippen LogP contribution in [0.5, 0.6) is 0 Å². The van der Waals surface area contributed by atoms with Crippen LogP contribution in [0.4, 0.5) is 10.5 Å². The molecule has 0 aromatic heterocycles. The van der Waals surface area contributed by atoms with Crippen LogP contribution >= 0.6 is 0 Å². The van der Waals surface area contributed by atoms with Crippen LogP contribution in [0.2, 0.25) is 0 Å². The normalized spacial score (nSPS) is 27.2. The number of hydrogen-bond acceptors (Lipinski definition) is 3. The van der Waals surface area contributed by atoms with Crippen molar-refractivity contribution in [2.24, 2.45) is 0 Å². The van der Waals surface area contributed by atoms with Crippen LogP contribution in [0.15, 0.2) is 24.3 Å². The molecule has 2 rings (SSSR count). The van der Waals surface area contributed by atoms with Crippen LogP contribution in [-0.4, -0.2) is 30.5 Å². The summed E-state index contributed by atoms with van der Waals surface area (Å²) in [6, 6.07) is 7.20. The summed E-state index contributed by atoms with van der Waals surface area (Å²) in [5.41, 5.74) is 1.31. The number of amides is 1. The molecule has 1 saturated heterocycles. The highest BCUT2D eigenvalue weighted by Crippen LogP contribution is 2.35. The maximum atomic E-state index is 11.0. The number of anilines is 1. The summed E-state index contributed by atoms with van der Waals surface area (Å²) in [7, 11) is 1.50. The zero-order valence-electron chi connectivity index (χ0n) is 10.7. The first-order valence-corrected chi connectivity index (χ1v) is 5.87. The van der Waals surface area contributed by atoms with Gasteiger partial charge in [0.05, 0.1) is 17.9 Å². The molecule has 98 valence electrons. The van der Waals surface area contributed by atoms with Crippen molar-refractivity contribution >= 4 is 11.8 Å². The highest BCUT2D eigenvalue weighted by atomic mass is 16.7. The second-order valence-corrected chi connectivity index (χ2v) is 4.41. The monoisotopic (exact) mass is 251 g/mol. The molecule has 1 amide bonds. The molecule has 5 heteroatoms. The highest BCUT2D eigenvalue weighted by Gasteiger charge is 2.32. The quantitative estimate of drug-likeness (QED) is 0.877. The predicted molar refractivity (Wildman–Crippen MR) is 66.7 cm³/mol. The molecular formula is C13H17NO4. The van der Waals surface area contributed by atoms with Crippen LogP contribution in [0.1, 0.15) is 25.7 Å². The van der Waals surface area contributed by atoms with Crippen molar-refractivity contribution in [3.63, 3.8) is 0 Å². The zero-order chi connectivity index (χ0) is 13.3. The van der Waals surface area contributed by atoms with Crippen molar-refractivity contribution in [3.8, 4) is 0 Å². The fourth-order valence-electron chi connectivity index (χ4n) is 1.89. The summed E-state index contributed by atoms with van der Waals surface area (Å²) in [4.78, 5) is 12.2. The van der Waals surface area contributed by atoms with Gasteiger partial charge in [0.2, 0.25) is 0 Å². The Morgan fingerprint density at radius 2 is 1.78 bits per heavy atom. The van der Waals surface area contributed by atoms with Gasteiger partial charge in [0.15, 0.2) is 6.29 Å². The van der Waals surface area contributed by atoms with E-state index >= 15 is 0 Å². The lowest BCUT2D eigenvalue weighted by Crippen LogP contribution is -2.25. The molecule has 0 bridgehead atoms. The first-order chi connectivity index (χ1) is 8.50. The van der Waals surface area contributed by atoms with E-state index in [4.69, 9.17) is 14.6 Å². The van der Waals surface area contributed by atoms with E-state index in [-0.39, 0.29) is 12.2 Å². The third kappa shape index (κ3) is 2.32. The third-order valence-corrected chi connectivity index (χ3v) is 3.18. The Kier molecular flexibility index (Phi) is 3.54. The minimum atomic E-state index is -1.01. The summed E-state index contributed by atoms with van der Waals surface area (Å²) in [5.74, 6) is 0. The topological polar surface area (TPSA) is 59.0 Å². The number of carboxylic acid groups (broad SMARTS) is 1. The number of carbonyl (C=O) groups is 1. The standard InChI is InChI=1S/C13H17NO4/c1-8-9(2)18-12(17-8)10-6-4-5-7-11(10)14(3)13(15)16/h4-9,12H,1-3H3,(H,15,16). The van der Waals surface area contributed by atoms with E-state index in [1.165, 1.54) is 7.05 Å². The van der Waals surface area contributed by atoms with Crippen LogP contribution in [0, 0.1) is 0 Å². The maximum Gasteiger partial charge on any atom is 0.411 e. The van der Waals surface area contributed by atoms with E-state index in [2.05, 4.69) is 0 Å². The number of benzene rings is 1. The van der Waals surface area contributed by atoms with Crippen LogP contribution in [0.25, 0.3) is 0 Å². The van der Waals surface area contributed by atoms with Crippen LogP contribution < -0.4 is 4.90 Å². The van der Waals surface area contributed by atoms with E-state index in [0.717, 1.165) is 10.5 Å². The molecule has 0 spiro atoms. The number of ether oxygens (including phenoxy) is 2. The summed E-state index contributed by atoms with van der Waals surface area (Å²) < 4.78 is 11.4. The first-order valence-electron chi connectivity index (χ1n) is 5.87. The van der Waals surface area contributed by atoms with Crippen molar-refractivity contribution in [3.05, 3.63) is 29.8 Å². The summed E-state index contributed by atoms with van der Waals surface area (Å²) in [5, 5.41) is 9.05. The smallest absolute Gasteiger partial charge is 0.411 e. The van der Waals surface area contributed by atoms with E-state index in [9.17, 15) is 4.79 Å². The lowest BCUT2D eigenvalue weighted by atomic mass is 10.1. The van der Waals surface area contributed by atoms with Gasteiger partial charge in [0.1, 0.15) is 0 Å². The molecule has 0 radical (unpaired) electrons. The Morgan fingerprint density at radius 1 is 1.22 bits per heavy atom. The molecule has 18 heavy (non-hydrogen) atoms. The SMILES string of the molecule is CC1OC(c2ccccc2N(C)C(=O)O)OC1C. The van der Waals surface area contributed by atoms with E-state index in [0.29, 0.717) is 5.69 Å². The molecule has 1 aromatic carbocycles. The Hall–Kier alpha value is -1.59. The Balaban J connectivity index is 2.31. The second kappa shape index (κ2) is 4.96. The summed E-state index contributed by atoms with van der Waals surface area (Å²) in [6.45, 7) is 3.88. The lowest BCUT2D eigenvalue weighted by molar-refractivity contribution is -0.0648. The van der Waals surface area contributed by atoms with Gasteiger partial charge in [0.25, 0.3) is 0 Å². The maximum absolute atomic E-state index is 11.0. The number of hydrogen-bond donors (Lipinski definition) is 1. The van der Waals surface area contributed by atoms with Gasteiger partial charge in [-0.2, -0.15) is 0 Å². The van der Waals surface area contributed by atoms with Gasteiger partial charge in [-0.05, 0) is 19.9 Å². The fraction of sp³-hybridized carbons (Fsp3) is 0.462. The minimum absolute atomic E-state index is 0.00168. The van der Waals surface area contributed by atoms with E-state index in [1.54, 1.807) is 12.1 Å². The van der Waals surface area contributed by atoms with Crippen molar-refractivity contribution < 1.29 is 19.4 Å². The van der Waals surface area contributed by atoms with Crippen molar-refractivity contribution in [1.82, 2.24) is 0 Å². The Labute approximate surface area is 106 Å². The average Bonchev–Trinajstić information content (AvgIpc) is 2.68. The molecule has 2 unspecified atom stereocenters. The molecule has 1 heterocycles. The van der Waals surface area contributed by atoms with Crippen LogP contribution in [-0.2, 0) is 9.47 Å². The van der Waals surface area contributed by atoms with Gasteiger partial charge >= 0.3 is 6.09 Å². The third-order valence-electron chi connectivity index (χ3n) is 3.18. The molecule has 1 aliphatic heterocycles. The summed E-state index contributed by atoms with van der Waals surface area (Å²) >= 11 is 0. The highest BCUT2D eigenvalue weighted by molar-refractivity contribution is 5.86. The molecule has 1 N–H and O–H groups in total. The van der Waals surface area contributed by atoms with Gasteiger partial charge in [-0.25, -0.2) is 4.79 Å². The van der Waals surface area contributed by atoms with Gasteiger partial charge in [0, 0.05) is 12.6 Å². The zero-order valence-corrected chi connectivity index (χ0v) is 10.7. The van der Waals surface area contributed by atoms with E-state index in [1.807, 2.05) is 26.0 Å². The molecular weight excluding hydrogens is 234 g/mol. The minimum Gasteiger partial charge on any atom is -0.465 e. The number of rotatable bonds is 2. The molecule has 1 fully saturated rings. The van der Waals surface area contributed by atoms with Gasteiger partial charge in [-0.15, -0.1) is 0 Å². The molecule has 1 aliphatic rings. The molecule has 5 nitrogen and oxygen atoms in total. The summed E-state index contributed by atoms with van der Waals surface area (Å²) in [6.07, 6.45) is -1.52. The first kappa shape index (κ1) is 12.9. The average molecular weight is 251 g/mol. The van der Waals surface area contributed by atoms with E-state index < -0.39 is 12.4 Å². The largest absolute Gasteiger partial charge is 0.465 e. The second-order valence-electron chi connectivity index (χ2n) is 4.41. The number of para-hydroxylation sites is 1.